The summed E-state index contributed by atoms with van der Waals surface area (Å²) in [4.78, 5) is 0. The number of allylic oxidation sites excluding steroid dienone is 1. The Morgan fingerprint density at radius 2 is 1.89 bits per heavy atom. The summed E-state index contributed by atoms with van der Waals surface area (Å²) in [5, 5.41) is 0. The molecule has 0 spiro atoms. The van der Waals surface area contributed by atoms with Gasteiger partial charge in [-0.05, 0) is 26.1 Å². The van der Waals surface area contributed by atoms with Gasteiger partial charge in [0.05, 0.1) is 6.26 Å². The van der Waals surface area contributed by atoms with E-state index in [0.29, 0.717) is 0 Å². The van der Waals surface area contributed by atoms with E-state index >= 15 is 0 Å². The first-order valence-electron chi connectivity index (χ1n) is 3.39. The Kier molecular flexibility index (Phi) is 3.62. The monoisotopic (exact) mass is 144 g/mol. The van der Waals surface area contributed by atoms with Crippen LogP contribution in [0, 0.1) is 0 Å². The van der Waals surface area contributed by atoms with Crippen molar-refractivity contribution < 1.29 is 4.43 Å². The molecule has 0 aliphatic heterocycles. The fraction of sp³-hybridized carbons (Fsp3) is 0.714. The van der Waals surface area contributed by atoms with Gasteiger partial charge in [0, 0.05) is 0 Å². The maximum Gasteiger partial charge on any atom is 0.241 e. The summed E-state index contributed by atoms with van der Waals surface area (Å²) in [7, 11) is -1.28. The molecule has 2 heteroatoms. The van der Waals surface area contributed by atoms with Crippen LogP contribution < -0.4 is 0 Å². The largest absolute Gasteiger partial charge is 0.550 e. The third-order valence-corrected chi connectivity index (χ3v) is 1.60. The first-order valence-corrected chi connectivity index (χ1v) is 6.80. The third-order valence-electron chi connectivity index (χ3n) is 0.754. The summed E-state index contributed by atoms with van der Waals surface area (Å²) >= 11 is 0. The first kappa shape index (κ1) is 8.76. The Labute approximate surface area is 58.9 Å². The fourth-order valence-electron chi connectivity index (χ4n) is 0.348. The molecule has 0 radical (unpaired) electrons. The van der Waals surface area contributed by atoms with Gasteiger partial charge in [0.15, 0.2) is 0 Å². The van der Waals surface area contributed by atoms with Gasteiger partial charge >= 0.3 is 0 Å². The quantitative estimate of drug-likeness (QED) is 0.437. The number of hydrogen-bond donors (Lipinski definition) is 0. The van der Waals surface area contributed by atoms with Gasteiger partial charge in [-0.15, -0.1) is 0 Å². The minimum absolute atomic E-state index is 1.06. The van der Waals surface area contributed by atoms with Gasteiger partial charge in [-0.25, -0.2) is 0 Å². The van der Waals surface area contributed by atoms with Crippen LogP contribution in [0.4, 0.5) is 0 Å². The van der Waals surface area contributed by atoms with Crippen LogP contribution in [0.1, 0.15) is 13.3 Å². The van der Waals surface area contributed by atoms with Crippen LogP contribution in [-0.2, 0) is 4.43 Å². The molecule has 0 aromatic carbocycles. The maximum absolute atomic E-state index is 5.43. The molecule has 0 rings (SSSR count). The van der Waals surface area contributed by atoms with Crippen molar-refractivity contribution in [1.82, 2.24) is 0 Å². The molecular formula is C7H16OSi. The molecule has 0 bridgehead atoms. The molecule has 0 aromatic heterocycles. The molecule has 0 aromatic rings. The lowest BCUT2D eigenvalue weighted by atomic mass is 10.5. The number of rotatable bonds is 3. The summed E-state index contributed by atoms with van der Waals surface area (Å²) in [6, 6.07) is 0. The summed E-state index contributed by atoms with van der Waals surface area (Å²) in [5.74, 6) is 0. The first-order chi connectivity index (χ1) is 4.06. The van der Waals surface area contributed by atoms with Crippen molar-refractivity contribution in [3.05, 3.63) is 12.3 Å². The maximum atomic E-state index is 5.43. The van der Waals surface area contributed by atoms with Crippen molar-refractivity contribution in [2.45, 2.75) is 33.0 Å². The van der Waals surface area contributed by atoms with Crippen LogP contribution in [-0.4, -0.2) is 8.32 Å². The van der Waals surface area contributed by atoms with Crippen LogP contribution in [0.2, 0.25) is 19.6 Å². The van der Waals surface area contributed by atoms with E-state index in [-0.39, 0.29) is 0 Å². The Bertz CT molecular complexity index is 91.6. The van der Waals surface area contributed by atoms with Crippen molar-refractivity contribution in [2.75, 3.05) is 0 Å². The van der Waals surface area contributed by atoms with Gasteiger partial charge in [-0.3, -0.25) is 0 Å². The highest BCUT2D eigenvalue weighted by molar-refractivity contribution is 6.69. The summed E-state index contributed by atoms with van der Waals surface area (Å²) < 4.78 is 5.43. The standard InChI is InChI=1S/C7H16OSi/c1-5-6-7-8-9(2,3)4/h6-7H,5H2,1-4H3/b7-6+. The zero-order chi connectivity index (χ0) is 7.33. The van der Waals surface area contributed by atoms with Crippen molar-refractivity contribution in [2.24, 2.45) is 0 Å². The van der Waals surface area contributed by atoms with Crippen LogP contribution in [0.25, 0.3) is 0 Å². The van der Waals surface area contributed by atoms with E-state index in [1.54, 1.807) is 0 Å². The van der Waals surface area contributed by atoms with E-state index in [4.69, 9.17) is 4.43 Å². The van der Waals surface area contributed by atoms with Crippen molar-refractivity contribution >= 4 is 8.32 Å². The highest BCUT2D eigenvalue weighted by atomic mass is 28.4. The van der Waals surface area contributed by atoms with Crippen LogP contribution in [0.5, 0.6) is 0 Å². The normalized spacial score (nSPS) is 12.4. The molecule has 0 heterocycles. The molecular weight excluding hydrogens is 128 g/mol. The van der Waals surface area contributed by atoms with Gasteiger partial charge in [-0.2, -0.15) is 0 Å². The molecule has 0 unspecified atom stereocenters. The van der Waals surface area contributed by atoms with E-state index in [9.17, 15) is 0 Å². The molecule has 1 nitrogen and oxygen atoms in total. The van der Waals surface area contributed by atoms with Gasteiger partial charge in [0.2, 0.25) is 8.32 Å². The molecule has 0 amide bonds. The molecule has 0 aliphatic carbocycles. The SMILES string of the molecule is CC/C=C/O[Si](C)(C)C. The predicted octanol–water partition coefficient (Wildman–Crippen LogP) is 2.76. The van der Waals surface area contributed by atoms with Gasteiger partial charge in [0.1, 0.15) is 0 Å². The average Bonchev–Trinajstić information content (AvgIpc) is 1.63. The van der Waals surface area contributed by atoms with Gasteiger partial charge in [-0.1, -0.05) is 13.0 Å². The molecule has 0 N–H and O–H groups in total. The Morgan fingerprint density at radius 3 is 2.22 bits per heavy atom. The molecule has 0 fully saturated rings. The lowest BCUT2D eigenvalue weighted by molar-refractivity contribution is 0.477. The second kappa shape index (κ2) is 3.72. The molecule has 54 valence electrons. The smallest absolute Gasteiger partial charge is 0.241 e. The molecule has 0 aliphatic rings. The average molecular weight is 144 g/mol. The molecule has 0 saturated carbocycles. The van der Waals surface area contributed by atoms with Crippen molar-refractivity contribution in [3.63, 3.8) is 0 Å². The van der Waals surface area contributed by atoms with E-state index in [1.165, 1.54) is 0 Å². The fourth-order valence-corrected chi connectivity index (χ4v) is 0.853. The van der Waals surface area contributed by atoms with Crippen LogP contribution >= 0.6 is 0 Å². The predicted molar refractivity (Wildman–Crippen MR) is 43.9 cm³/mol. The van der Waals surface area contributed by atoms with E-state index in [1.807, 2.05) is 12.3 Å². The van der Waals surface area contributed by atoms with Crippen LogP contribution in [0.3, 0.4) is 0 Å². The topological polar surface area (TPSA) is 9.23 Å². The zero-order valence-corrected chi connectivity index (χ0v) is 7.77. The van der Waals surface area contributed by atoms with E-state index in [0.717, 1.165) is 6.42 Å². The summed E-state index contributed by atoms with van der Waals surface area (Å²) in [5.41, 5.74) is 0. The van der Waals surface area contributed by atoms with Gasteiger partial charge < -0.3 is 4.43 Å². The third kappa shape index (κ3) is 7.76. The second-order valence-corrected chi connectivity index (χ2v) is 7.47. The Hall–Kier alpha value is -0.243. The zero-order valence-electron chi connectivity index (χ0n) is 6.77. The minimum atomic E-state index is -1.28. The summed E-state index contributed by atoms with van der Waals surface area (Å²) in [6.07, 6.45) is 4.93. The Balaban J connectivity index is 3.38. The van der Waals surface area contributed by atoms with Crippen molar-refractivity contribution in [1.29, 1.82) is 0 Å². The van der Waals surface area contributed by atoms with Crippen LogP contribution in [0.15, 0.2) is 12.3 Å². The van der Waals surface area contributed by atoms with Gasteiger partial charge in [0.25, 0.3) is 0 Å². The minimum Gasteiger partial charge on any atom is -0.550 e. The lowest BCUT2D eigenvalue weighted by Crippen LogP contribution is -2.21. The highest BCUT2D eigenvalue weighted by Gasteiger charge is 2.12. The van der Waals surface area contributed by atoms with E-state index < -0.39 is 8.32 Å². The molecule has 0 saturated heterocycles. The van der Waals surface area contributed by atoms with Crippen molar-refractivity contribution in [3.8, 4) is 0 Å². The Morgan fingerprint density at radius 1 is 1.33 bits per heavy atom. The second-order valence-electron chi connectivity index (χ2n) is 3.01. The summed E-state index contributed by atoms with van der Waals surface area (Å²) in [6.45, 7) is 8.62. The number of hydrogen-bond acceptors (Lipinski definition) is 1. The van der Waals surface area contributed by atoms with E-state index in [2.05, 4.69) is 26.6 Å². The molecule has 0 atom stereocenters. The highest BCUT2D eigenvalue weighted by Crippen LogP contribution is 2.02. The lowest BCUT2D eigenvalue weighted by Gasteiger charge is -2.14. The molecule has 9 heavy (non-hydrogen) atoms.